The molecule has 0 amide bonds. The summed E-state index contributed by atoms with van der Waals surface area (Å²) in [6, 6.07) is 4.50. The lowest BCUT2D eigenvalue weighted by Gasteiger charge is -2.18. The first-order valence-electron chi connectivity index (χ1n) is 5.42. The molecule has 1 aliphatic heterocycles. The summed E-state index contributed by atoms with van der Waals surface area (Å²) in [5, 5.41) is 0. The topological polar surface area (TPSA) is 47.3 Å². The summed E-state index contributed by atoms with van der Waals surface area (Å²) >= 11 is 0. The average molecular weight is 206 g/mol. The predicted molar refractivity (Wildman–Crippen MR) is 60.7 cm³/mol. The number of aryl methyl sites for hydroxylation is 2. The molecule has 1 heterocycles. The lowest BCUT2D eigenvalue weighted by molar-refractivity contribution is 0.315. The Hall–Kier alpha value is -1.06. The van der Waals surface area contributed by atoms with Crippen LogP contribution in [0.1, 0.15) is 35.6 Å². The fraction of sp³-hybridized carbons (Fsp3) is 0.500. The maximum Gasteiger partial charge on any atom is 0.124 e. The predicted octanol–water partition coefficient (Wildman–Crippen LogP) is 1.98. The normalized spacial score (nSPS) is 20.3. The molecule has 0 saturated heterocycles. The molecule has 1 atom stereocenters. The summed E-state index contributed by atoms with van der Waals surface area (Å²) in [4.78, 5) is 0. The first-order chi connectivity index (χ1) is 7.22. The van der Waals surface area contributed by atoms with E-state index in [0.717, 1.165) is 25.2 Å². The van der Waals surface area contributed by atoms with Gasteiger partial charge < -0.3 is 4.74 Å². The maximum atomic E-state index is 5.75. The zero-order valence-corrected chi connectivity index (χ0v) is 9.34. The van der Waals surface area contributed by atoms with Gasteiger partial charge in [-0.25, -0.2) is 0 Å². The summed E-state index contributed by atoms with van der Waals surface area (Å²) in [5.41, 5.74) is 6.60. The van der Waals surface area contributed by atoms with Gasteiger partial charge in [-0.05, 0) is 43.9 Å². The Kier molecular flexibility index (Phi) is 2.93. The smallest absolute Gasteiger partial charge is 0.124 e. The molecule has 1 aliphatic rings. The molecule has 0 fully saturated rings. The van der Waals surface area contributed by atoms with E-state index < -0.39 is 0 Å². The van der Waals surface area contributed by atoms with Gasteiger partial charge in [-0.15, -0.1) is 0 Å². The Morgan fingerprint density at radius 2 is 2.20 bits per heavy atom. The lowest BCUT2D eigenvalue weighted by atomic mass is 9.96. The van der Waals surface area contributed by atoms with Crippen molar-refractivity contribution in [1.82, 2.24) is 5.43 Å². The van der Waals surface area contributed by atoms with Gasteiger partial charge in [0.25, 0.3) is 0 Å². The first-order valence-corrected chi connectivity index (χ1v) is 5.42. The standard InChI is InChI=1S/C12H18N2O/c1-8-6-9(2)12-10(14-13)4-3-5-15-11(12)7-8/h6-7,10,14H,3-5,13H2,1-2H3. The Morgan fingerprint density at radius 3 is 2.93 bits per heavy atom. The van der Waals surface area contributed by atoms with Crippen molar-refractivity contribution in [3.05, 3.63) is 28.8 Å². The van der Waals surface area contributed by atoms with Gasteiger partial charge in [-0.2, -0.15) is 0 Å². The highest BCUT2D eigenvalue weighted by Gasteiger charge is 2.20. The van der Waals surface area contributed by atoms with Crippen LogP contribution in [-0.2, 0) is 0 Å². The minimum Gasteiger partial charge on any atom is -0.493 e. The molecule has 0 aliphatic carbocycles. The van der Waals surface area contributed by atoms with Crippen molar-refractivity contribution in [3.63, 3.8) is 0 Å². The Labute approximate surface area is 90.6 Å². The second-order valence-electron chi connectivity index (χ2n) is 4.20. The van der Waals surface area contributed by atoms with Crippen LogP contribution in [0.5, 0.6) is 5.75 Å². The molecule has 3 nitrogen and oxygen atoms in total. The molecule has 3 heteroatoms. The van der Waals surface area contributed by atoms with Gasteiger partial charge >= 0.3 is 0 Å². The van der Waals surface area contributed by atoms with E-state index in [4.69, 9.17) is 10.6 Å². The fourth-order valence-corrected chi connectivity index (χ4v) is 2.29. The van der Waals surface area contributed by atoms with E-state index in [2.05, 4.69) is 31.4 Å². The van der Waals surface area contributed by atoms with Crippen LogP contribution in [0.15, 0.2) is 12.1 Å². The third kappa shape index (κ3) is 1.98. The number of nitrogens with two attached hydrogens (primary N) is 1. The van der Waals surface area contributed by atoms with Crippen molar-refractivity contribution in [2.24, 2.45) is 5.84 Å². The van der Waals surface area contributed by atoms with E-state index in [0.29, 0.717) is 0 Å². The van der Waals surface area contributed by atoms with Crippen molar-refractivity contribution in [3.8, 4) is 5.75 Å². The van der Waals surface area contributed by atoms with Gasteiger partial charge in [0.1, 0.15) is 5.75 Å². The molecule has 0 bridgehead atoms. The molecule has 3 N–H and O–H groups in total. The number of hydrogen-bond donors (Lipinski definition) is 2. The summed E-state index contributed by atoms with van der Waals surface area (Å²) in [5.74, 6) is 6.58. The molecule has 0 radical (unpaired) electrons. The monoisotopic (exact) mass is 206 g/mol. The second kappa shape index (κ2) is 4.21. The largest absolute Gasteiger partial charge is 0.493 e. The highest BCUT2D eigenvalue weighted by molar-refractivity contribution is 5.45. The maximum absolute atomic E-state index is 5.75. The lowest BCUT2D eigenvalue weighted by Crippen LogP contribution is -2.28. The summed E-state index contributed by atoms with van der Waals surface area (Å²) < 4.78 is 5.75. The molecule has 0 aromatic heterocycles. The van der Waals surface area contributed by atoms with Gasteiger partial charge in [0.15, 0.2) is 0 Å². The molecule has 1 unspecified atom stereocenters. The number of fused-ring (bicyclic) bond motifs is 1. The molecule has 0 spiro atoms. The van der Waals surface area contributed by atoms with Gasteiger partial charge in [0.05, 0.1) is 12.6 Å². The number of benzene rings is 1. The van der Waals surface area contributed by atoms with E-state index in [-0.39, 0.29) is 6.04 Å². The Balaban J connectivity index is 2.50. The quantitative estimate of drug-likeness (QED) is 0.545. The highest BCUT2D eigenvalue weighted by atomic mass is 16.5. The van der Waals surface area contributed by atoms with Crippen molar-refractivity contribution in [2.75, 3.05) is 6.61 Å². The van der Waals surface area contributed by atoms with E-state index in [1.165, 1.54) is 16.7 Å². The van der Waals surface area contributed by atoms with Crippen molar-refractivity contribution < 1.29 is 4.74 Å². The van der Waals surface area contributed by atoms with Crippen LogP contribution in [0, 0.1) is 13.8 Å². The van der Waals surface area contributed by atoms with Crippen LogP contribution in [-0.4, -0.2) is 6.61 Å². The van der Waals surface area contributed by atoms with Gasteiger partial charge in [0, 0.05) is 5.56 Å². The molecule has 82 valence electrons. The van der Waals surface area contributed by atoms with E-state index in [1.807, 2.05) is 0 Å². The molecule has 15 heavy (non-hydrogen) atoms. The summed E-state index contributed by atoms with van der Waals surface area (Å²) in [7, 11) is 0. The van der Waals surface area contributed by atoms with Gasteiger partial charge in [0.2, 0.25) is 0 Å². The van der Waals surface area contributed by atoms with Crippen LogP contribution in [0.3, 0.4) is 0 Å². The van der Waals surface area contributed by atoms with Crippen LogP contribution < -0.4 is 16.0 Å². The zero-order valence-electron chi connectivity index (χ0n) is 9.34. The minimum atomic E-state index is 0.225. The molecule has 1 aromatic carbocycles. The second-order valence-corrected chi connectivity index (χ2v) is 4.20. The van der Waals surface area contributed by atoms with Crippen LogP contribution >= 0.6 is 0 Å². The van der Waals surface area contributed by atoms with E-state index in [9.17, 15) is 0 Å². The number of nitrogens with one attached hydrogen (secondary N) is 1. The molecular weight excluding hydrogens is 188 g/mol. The molecule has 0 saturated carbocycles. The third-order valence-electron chi connectivity index (χ3n) is 2.94. The van der Waals surface area contributed by atoms with Crippen LogP contribution in [0.2, 0.25) is 0 Å². The molecular formula is C12H18N2O. The number of hydrogen-bond acceptors (Lipinski definition) is 3. The van der Waals surface area contributed by atoms with Gasteiger partial charge in [-0.3, -0.25) is 11.3 Å². The number of rotatable bonds is 1. The van der Waals surface area contributed by atoms with Crippen LogP contribution in [0.25, 0.3) is 0 Å². The van der Waals surface area contributed by atoms with Crippen molar-refractivity contribution in [1.29, 1.82) is 0 Å². The van der Waals surface area contributed by atoms with Crippen molar-refractivity contribution in [2.45, 2.75) is 32.7 Å². The van der Waals surface area contributed by atoms with Crippen LogP contribution in [0.4, 0.5) is 0 Å². The minimum absolute atomic E-state index is 0.225. The Bertz CT molecular complexity index is 363. The van der Waals surface area contributed by atoms with Crippen molar-refractivity contribution >= 4 is 0 Å². The first kappa shape index (κ1) is 10.5. The number of ether oxygens (including phenoxy) is 1. The SMILES string of the molecule is Cc1cc(C)c2c(c1)OCCCC2NN. The van der Waals surface area contributed by atoms with E-state index in [1.54, 1.807) is 0 Å². The molecule has 2 rings (SSSR count). The Morgan fingerprint density at radius 1 is 1.40 bits per heavy atom. The zero-order chi connectivity index (χ0) is 10.8. The highest BCUT2D eigenvalue weighted by Crippen LogP contribution is 2.34. The number of hydrazine groups is 1. The average Bonchev–Trinajstić information content (AvgIpc) is 2.39. The fourth-order valence-electron chi connectivity index (χ4n) is 2.29. The third-order valence-corrected chi connectivity index (χ3v) is 2.94. The van der Waals surface area contributed by atoms with Gasteiger partial charge in [-0.1, -0.05) is 6.07 Å². The molecule has 1 aromatic rings. The van der Waals surface area contributed by atoms with E-state index >= 15 is 0 Å². The summed E-state index contributed by atoms with van der Waals surface area (Å²) in [6.07, 6.45) is 2.08. The summed E-state index contributed by atoms with van der Waals surface area (Å²) in [6.45, 7) is 4.99.